The zero-order valence-electron chi connectivity index (χ0n) is 12.7. The minimum absolute atomic E-state index is 0.0937. The van der Waals surface area contributed by atoms with Crippen LogP contribution in [0.2, 0.25) is 0 Å². The lowest BCUT2D eigenvalue weighted by Crippen LogP contribution is -2.09. The fraction of sp³-hybridized carbons (Fsp3) is 0.125. The Morgan fingerprint density at radius 2 is 1.73 bits per heavy atom. The molecule has 1 N–H and O–H groups in total. The predicted octanol–water partition coefficient (Wildman–Crippen LogP) is 4.92. The molecule has 0 aliphatic heterocycles. The van der Waals surface area contributed by atoms with Crippen molar-refractivity contribution in [3.63, 3.8) is 0 Å². The van der Waals surface area contributed by atoms with Crippen LogP contribution in [0.15, 0.2) is 42.9 Å². The second kappa shape index (κ2) is 5.23. The topological polar surface area (TPSA) is 46.0 Å². The minimum atomic E-state index is -4.77. The zero-order valence-corrected chi connectivity index (χ0v) is 12.7. The Morgan fingerprint density at radius 3 is 2.42 bits per heavy atom. The van der Waals surface area contributed by atoms with Crippen molar-refractivity contribution in [2.24, 2.45) is 0 Å². The maximum atomic E-state index is 13.5. The van der Waals surface area contributed by atoms with E-state index in [0.29, 0.717) is 17.1 Å². The Kier molecular flexibility index (Phi) is 3.30. The molecule has 4 aromatic rings. The van der Waals surface area contributed by atoms with Gasteiger partial charge in [-0.25, -0.2) is 4.98 Å². The molecule has 0 saturated carbocycles. The highest BCUT2D eigenvalue weighted by Gasteiger charge is 2.38. The van der Waals surface area contributed by atoms with Crippen LogP contribution in [-0.4, -0.2) is 19.6 Å². The number of alkyl halides is 6. The van der Waals surface area contributed by atoms with E-state index < -0.39 is 34.8 Å². The van der Waals surface area contributed by atoms with E-state index in [1.807, 2.05) is 0 Å². The highest BCUT2D eigenvalue weighted by molar-refractivity contribution is 5.89. The summed E-state index contributed by atoms with van der Waals surface area (Å²) in [5, 5.41) is 6.98. The van der Waals surface area contributed by atoms with Crippen LogP contribution in [0.4, 0.5) is 26.3 Å². The standard InChI is InChI=1S/C16H8F6N4/c17-15(18,19)10-3-4-26-7-12(16(20,21)22)24-14(26)13(10)8-1-2-11-9(5-8)6-23-25-11/h1-7H,(H,23,25). The average Bonchev–Trinajstić information content (AvgIpc) is 3.18. The van der Waals surface area contributed by atoms with E-state index in [1.165, 1.54) is 24.4 Å². The molecule has 0 fully saturated rings. The molecule has 0 atom stereocenters. The molecule has 4 nitrogen and oxygen atoms in total. The first kappa shape index (κ1) is 16.4. The molecule has 134 valence electrons. The van der Waals surface area contributed by atoms with E-state index >= 15 is 0 Å². The lowest BCUT2D eigenvalue weighted by molar-refractivity contribution is -0.140. The zero-order chi connectivity index (χ0) is 18.7. The van der Waals surface area contributed by atoms with Gasteiger partial charge in [0.25, 0.3) is 0 Å². The first-order valence-electron chi connectivity index (χ1n) is 7.24. The molecule has 0 aliphatic rings. The summed E-state index contributed by atoms with van der Waals surface area (Å²) in [4.78, 5) is 3.42. The van der Waals surface area contributed by atoms with Crippen molar-refractivity contribution in [2.75, 3.05) is 0 Å². The van der Waals surface area contributed by atoms with Crippen LogP contribution < -0.4 is 0 Å². The van der Waals surface area contributed by atoms with E-state index in [-0.39, 0.29) is 5.56 Å². The fourth-order valence-corrected chi connectivity index (χ4v) is 2.81. The summed E-state index contributed by atoms with van der Waals surface area (Å²) in [6.07, 6.45) is -6.53. The van der Waals surface area contributed by atoms with Gasteiger partial charge in [0.15, 0.2) is 5.69 Å². The number of hydrogen-bond acceptors (Lipinski definition) is 2. The highest BCUT2D eigenvalue weighted by Crippen LogP contribution is 2.40. The Labute approximate surface area is 141 Å². The summed E-state index contributed by atoms with van der Waals surface area (Å²) in [6, 6.07) is 5.05. The predicted molar refractivity (Wildman–Crippen MR) is 80.3 cm³/mol. The molecule has 0 spiro atoms. The number of imidazole rings is 1. The number of hydrogen-bond donors (Lipinski definition) is 1. The second-order valence-corrected chi connectivity index (χ2v) is 5.63. The molecule has 0 amide bonds. The van der Waals surface area contributed by atoms with E-state index in [1.54, 1.807) is 0 Å². The Hall–Kier alpha value is -3.04. The number of aromatic amines is 1. The van der Waals surface area contributed by atoms with Gasteiger partial charge < -0.3 is 4.40 Å². The van der Waals surface area contributed by atoms with Gasteiger partial charge in [-0.1, -0.05) is 6.07 Å². The van der Waals surface area contributed by atoms with E-state index in [4.69, 9.17) is 0 Å². The summed E-state index contributed by atoms with van der Waals surface area (Å²) in [7, 11) is 0. The van der Waals surface area contributed by atoms with E-state index in [2.05, 4.69) is 15.2 Å². The molecule has 0 bridgehead atoms. The van der Waals surface area contributed by atoms with Gasteiger partial charge in [-0.2, -0.15) is 31.4 Å². The minimum Gasteiger partial charge on any atom is -0.306 e. The number of halogens is 6. The van der Waals surface area contributed by atoms with Crippen LogP contribution in [0.3, 0.4) is 0 Å². The largest absolute Gasteiger partial charge is 0.434 e. The number of rotatable bonds is 1. The maximum absolute atomic E-state index is 13.5. The van der Waals surface area contributed by atoms with Crippen molar-refractivity contribution in [1.29, 1.82) is 0 Å². The molecule has 0 radical (unpaired) electrons. The first-order valence-corrected chi connectivity index (χ1v) is 7.24. The highest BCUT2D eigenvalue weighted by atomic mass is 19.4. The molecular weight excluding hydrogens is 362 g/mol. The number of benzene rings is 1. The summed E-state index contributed by atoms with van der Waals surface area (Å²) >= 11 is 0. The van der Waals surface area contributed by atoms with Crippen LogP contribution >= 0.6 is 0 Å². The third-order valence-electron chi connectivity index (χ3n) is 3.95. The summed E-state index contributed by atoms with van der Waals surface area (Å²) in [6.45, 7) is 0. The number of pyridine rings is 1. The first-order chi connectivity index (χ1) is 12.1. The molecule has 3 aromatic heterocycles. The van der Waals surface area contributed by atoms with Gasteiger partial charge in [-0.05, 0) is 23.8 Å². The number of nitrogens with zero attached hydrogens (tertiary/aromatic N) is 3. The van der Waals surface area contributed by atoms with Gasteiger partial charge in [-0.15, -0.1) is 0 Å². The van der Waals surface area contributed by atoms with Gasteiger partial charge >= 0.3 is 12.4 Å². The smallest absolute Gasteiger partial charge is 0.306 e. The average molecular weight is 370 g/mol. The monoisotopic (exact) mass is 370 g/mol. The maximum Gasteiger partial charge on any atom is 0.434 e. The molecule has 0 saturated heterocycles. The normalized spacial score (nSPS) is 13.0. The number of fused-ring (bicyclic) bond motifs is 2. The molecule has 3 heterocycles. The Balaban J connectivity index is 2.07. The molecule has 1 aromatic carbocycles. The van der Waals surface area contributed by atoms with Crippen LogP contribution in [0.25, 0.3) is 27.7 Å². The number of H-pyrrole nitrogens is 1. The lowest BCUT2D eigenvalue weighted by Gasteiger charge is -2.14. The van der Waals surface area contributed by atoms with Crippen molar-refractivity contribution in [3.05, 3.63) is 54.1 Å². The summed E-state index contributed by atoms with van der Waals surface area (Å²) in [5.74, 6) is 0. The van der Waals surface area contributed by atoms with Crippen LogP contribution in [0, 0.1) is 0 Å². The fourth-order valence-electron chi connectivity index (χ4n) is 2.81. The second-order valence-electron chi connectivity index (χ2n) is 5.63. The van der Waals surface area contributed by atoms with Gasteiger partial charge in [0, 0.05) is 23.3 Å². The van der Waals surface area contributed by atoms with Crippen molar-refractivity contribution < 1.29 is 26.3 Å². The third kappa shape index (κ3) is 2.57. The molecule has 26 heavy (non-hydrogen) atoms. The van der Waals surface area contributed by atoms with Crippen LogP contribution in [0.1, 0.15) is 11.3 Å². The molecular formula is C16H8F6N4. The van der Waals surface area contributed by atoms with Gasteiger partial charge in [0.05, 0.1) is 17.3 Å². The van der Waals surface area contributed by atoms with Crippen LogP contribution in [0.5, 0.6) is 0 Å². The molecule has 4 rings (SSSR count). The SMILES string of the molecule is FC(F)(F)c1cn2ccc(C(F)(F)F)c(-c3ccc4[nH]ncc4c3)c2n1. The van der Waals surface area contributed by atoms with Crippen LogP contribution in [-0.2, 0) is 12.4 Å². The van der Waals surface area contributed by atoms with E-state index in [0.717, 1.165) is 16.7 Å². The van der Waals surface area contributed by atoms with E-state index in [9.17, 15) is 26.3 Å². The van der Waals surface area contributed by atoms with Crippen molar-refractivity contribution >= 4 is 16.6 Å². The van der Waals surface area contributed by atoms with Gasteiger partial charge in [-0.3, -0.25) is 5.10 Å². The Morgan fingerprint density at radius 1 is 0.962 bits per heavy atom. The summed E-state index contributed by atoms with van der Waals surface area (Å²) < 4.78 is 80.2. The van der Waals surface area contributed by atoms with Crippen molar-refractivity contribution in [2.45, 2.75) is 12.4 Å². The van der Waals surface area contributed by atoms with Crippen molar-refractivity contribution in [1.82, 2.24) is 19.6 Å². The number of nitrogens with one attached hydrogen (secondary N) is 1. The van der Waals surface area contributed by atoms with Gasteiger partial charge in [0.2, 0.25) is 0 Å². The number of aromatic nitrogens is 4. The van der Waals surface area contributed by atoms with Gasteiger partial charge in [0.1, 0.15) is 5.65 Å². The van der Waals surface area contributed by atoms with Crippen molar-refractivity contribution in [3.8, 4) is 11.1 Å². The lowest BCUT2D eigenvalue weighted by atomic mass is 9.99. The Bertz CT molecular complexity index is 1120. The molecule has 0 aliphatic carbocycles. The third-order valence-corrected chi connectivity index (χ3v) is 3.95. The molecule has 0 unspecified atom stereocenters. The summed E-state index contributed by atoms with van der Waals surface area (Å²) in [5.41, 5.74) is -2.48. The quantitative estimate of drug-likeness (QED) is 0.484. The molecule has 10 heteroatoms.